The average molecular weight is 303 g/mol. The number of benzene rings is 2. The molecular formula is C16H17NO3S. The Morgan fingerprint density at radius 2 is 1.71 bits per heavy atom. The van der Waals surface area contributed by atoms with Gasteiger partial charge < -0.3 is 5.11 Å². The second-order valence-electron chi connectivity index (χ2n) is 4.56. The minimum absolute atomic E-state index is 0.0610. The zero-order valence-corrected chi connectivity index (χ0v) is 12.3. The molecule has 2 aromatic carbocycles. The van der Waals surface area contributed by atoms with Crippen molar-refractivity contribution < 1.29 is 13.5 Å². The monoisotopic (exact) mass is 303 g/mol. The Kier molecular flexibility index (Phi) is 5.27. The second kappa shape index (κ2) is 7.17. The highest BCUT2D eigenvalue weighted by molar-refractivity contribution is 7.92. The molecule has 0 aliphatic heterocycles. The Hall–Kier alpha value is -1.95. The highest BCUT2D eigenvalue weighted by Crippen LogP contribution is 2.07. The fraction of sp³-hybridized carbons (Fsp3) is 0.125. The van der Waals surface area contributed by atoms with Crippen LogP contribution in [0.5, 0.6) is 0 Å². The quantitative estimate of drug-likeness (QED) is 0.860. The van der Waals surface area contributed by atoms with Crippen molar-refractivity contribution in [3.8, 4) is 0 Å². The summed E-state index contributed by atoms with van der Waals surface area (Å²) in [5.41, 5.74) is 2.38. The fourth-order valence-corrected chi connectivity index (χ4v) is 2.60. The fourth-order valence-electron chi connectivity index (χ4n) is 1.80. The number of nitrogens with one attached hydrogen (secondary N) is 1. The maximum absolute atomic E-state index is 11.9. The molecule has 21 heavy (non-hydrogen) atoms. The minimum Gasteiger partial charge on any atom is -0.392 e. The maximum atomic E-state index is 11.9. The lowest BCUT2D eigenvalue weighted by molar-refractivity contribution is 0.281. The largest absolute Gasteiger partial charge is 0.392 e. The van der Waals surface area contributed by atoms with Crippen molar-refractivity contribution in [2.75, 3.05) is 0 Å². The van der Waals surface area contributed by atoms with E-state index in [1.807, 2.05) is 36.4 Å². The summed E-state index contributed by atoms with van der Waals surface area (Å²) >= 11 is 0. The zero-order chi connectivity index (χ0) is 15.1. The molecule has 0 aliphatic carbocycles. The lowest BCUT2D eigenvalue weighted by Crippen LogP contribution is -2.20. The van der Waals surface area contributed by atoms with Crippen LogP contribution in [0.25, 0.3) is 6.08 Å². The van der Waals surface area contributed by atoms with Crippen molar-refractivity contribution in [2.45, 2.75) is 13.2 Å². The van der Waals surface area contributed by atoms with Crippen molar-refractivity contribution in [1.82, 2.24) is 4.72 Å². The van der Waals surface area contributed by atoms with Gasteiger partial charge >= 0.3 is 0 Å². The summed E-state index contributed by atoms with van der Waals surface area (Å²) in [4.78, 5) is 0. The van der Waals surface area contributed by atoms with Crippen LogP contribution in [-0.4, -0.2) is 13.5 Å². The van der Waals surface area contributed by atoms with Crippen LogP contribution in [0.1, 0.15) is 16.7 Å². The van der Waals surface area contributed by atoms with Gasteiger partial charge in [-0.3, -0.25) is 0 Å². The Bertz CT molecular complexity index is 709. The Morgan fingerprint density at radius 3 is 2.43 bits per heavy atom. The topological polar surface area (TPSA) is 66.4 Å². The first kappa shape index (κ1) is 15.4. The molecule has 4 nitrogen and oxygen atoms in total. The van der Waals surface area contributed by atoms with E-state index in [0.29, 0.717) is 0 Å². The molecule has 0 saturated heterocycles. The molecule has 0 saturated carbocycles. The normalized spacial score (nSPS) is 11.9. The lowest BCUT2D eigenvalue weighted by atomic mass is 10.1. The SMILES string of the molecule is O=S(=O)(C=Cc1ccccc1)NCc1cccc(CO)c1. The maximum Gasteiger partial charge on any atom is 0.234 e. The van der Waals surface area contributed by atoms with E-state index < -0.39 is 10.0 Å². The average Bonchev–Trinajstić information content (AvgIpc) is 2.52. The van der Waals surface area contributed by atoms with Crippen molar-refractivity contribution in [1.29, 1.82) is 0 Å². The van der Waals surface area contributed by atoms with Gasteiger partial charge in [0.2, 0.25) is 10.0 Å². The lowest BCUT2D eigenvalue weighted by Gasteiger charge is -2.05. The van der Waals surface area contributed by atoms with E-state index in [1.165, 1.54) is 0 Å². The molecule has 110 valence electrons. The minimum atomic E-state index is -3.49. The van der Waals surface area contributed by atoms with Crippen molar-refractivity contribution in [3.63, 3.8) is 0 Å². The number of hydrogen-bond donors (Lipinski definition) is 2. The third-order valence-electron chi connectivity index (χ3n) is 2.89. The van der Waals surface area contributed by atoms with Crippen LogP contribution < -0.4 is 4.72 Å². The third kappa shape index (κ3) is 5.15. The van der Waals surface area contributed by atoms with E-state index >= 15 is 0 Å². The van der Waals surface area contributed by atoms with Gasteiger partial charge in [0.15, 0.2) is 0 Å². The van der Waals surface area contributed by atoms with Crippen LogP contribution in [0.15, 0.2) is 60.0 Å². The molecule has 0 aromatic heterocycles. The molecule has 2 N–H and O–H groups in total. The van der Waals surface area contributed by atoms with Crippen molar-refractivity contribution in [3.05, 3.63) is 76.7 Å². The molecular weight excluding hydrogens is 286 g/mol. The Morgan fingerprint density at radius 1 is 1.00 bits per heavy atom. The van der Waals surface area contributed by atoms with Crippen LogP contribution in [0.2, 0.25) is 0 Å². The van der Waals surface area contributed by atoms with E-state index in [-0.39, 0.29) is 13.2 Å². The summed E-state index contributed by atoms with van der Waals surface area (Å²) in [6.45, 7) is 0.129. The molecule has 2 rings (SSSR count). The summed E-state index contributed by atoms with van der Waals surface area (Å²) in [6, 6.07) is 16.4. The standard InChI is InChI=1S/C16H17NO3S/c18-13-16-8-4-7-15(11-16)12-17-21(19,20)10-9-14-5-2-1-3-6-14/h1-11,17-18H,12-13H2. The van der Waals surface area contributed by atoms with Gasteiger partial charge in [0.25, 0.3) is 0 Å². The van der Waals surface area contributed by atoms with E-state index in [0.717, 1.165) is 22.1 Å². The predicted octanol–water partition coefficient (Wildman–Crippen LogP) is 2.27. The van der Waals surface area contributed by atoms with Crippen LogP contribution in [-0.2, 0) is 23.2 Å². The van der Waals surface area contributed by atoms with Gasteiger partial charge in [0, 0.05) is 12.0 Å². The highest BCUT2D eigenvalue weighted by atomic mass is 32.2. The predicted molar refractivity (Wildman–Crippen MR) is 83.6 cm³/mol. The van der Waals surface area contributed by atoms with E-state index in [4.69, 9.17) is 5.11 Å². The Labute approximate surface area is 124 Å². The number of sulfonamides is 1. The first-order valence-electron chi connectivity index (χ1n) is 6.50. The molecule has 0 unspecified atom stereocenters. The molecule has 0 amide bonds. The van der Waals surface area contributed by atoms with Gasteiger partial charge in [-0.1, -0.05) is 54.6 Å². The molecule has 0 heterocycles. The summed E-state index contributed by atoms with van der Waals surface area (Å²) in [6.07, 6.45) is 1.55. The highest BCUT2D eigenvalue weighted by Gasteiger charge is 2.05. The molecule has 0 atom stereocenters. The molecule has 0 bridgehead atoms. The van der Waals surface area contributed by atoms with Gasteiger partial charge in [-0.25, -0.2) is 13.1 Å². The summed E-state index contributed by atoms with van der Waals surface area (Å²) in [5.74, 6) is 0. The molecule has 0 spiro atoms. The number of aliphatic hydroxyl groups excluding tert-OH is 1. The van der Waals surface area contributed by atoms with Gasteiger partial charge in [0.1, 0.15) is 0 Å². The molecule has 0 aliphatic rings. The molecule has 0 fully saturated rings. The molecule has 5 heteroatoms. The van der Waals surface area contributed by atoms with Crippen LogP contribution in [0.3, 0.4) is 0 Å². The second-order valence-corrected chi connectivity index (χ2v) is 6.21. The van der Waals surface area contributed by atoms with Gasteiger partial charge in [-0.2, -0.15) is 0 Å². The van der Waals surface area contributed by atoms with E-state index in [2.05, 4.69) is 4.72 Å². The Balaban J connectivity index is 1.99. The summed E-state index contributed by atoms with van der Waals surface area (Å²) in [5, 5.41) is 10.2. The molecule has 2 aromatic rings. The number of rotatable bonds is 6. The number of hydrogen-bond acceptors (Lipinski definition) is 3. The van der Waals surface area contributed by atoms with Crippen molar-refractivity contribution >= 4 is 16.1 Å². The zero-order valence-electron chi connectivity index (χ0n) is 11.4. The van der Waals surface area contributed by atoms with Crippen LogP contribution in [0, 0.1) is 0 Å². The third-order valence-corrected chi connectivity index (χ3v) is 3.93. The van der Waals surface area contributed by atoms with Crippen molar-refractivity contribution in [2.24, 2.45) is 0 Å². The van der Waals surface area contributed by atoms with Gasteiger partial charge in [-0.15, -0.1) is 0 Å². The van der Waals surface area contributed by atoms with Crippen LogP contribution >= 0.6 is 0 Å². The number of aliphatic hydroxyl groups is 1. The van der Waals surface area contributed by atoms with Crippen LogP contribution in [0.4, 0.5) is 0 Å². The molecule has 0 radical (unpaired) electrons. The summed E-state index contributed by atoms with van der Waals surface area (Å²) in [7, 11) is -3.49. The van der Waals surface area contributed by atoms with E-state index in [1.54, 1.807) is 24.3 Å². The van der Waals surface area contributed by atoms with E-state index in [9.17, 15) is 8.42 Å². The summed E-state index contributed by atoms with van der Waals surface area (Å²) < 4.78 is 26.3. The first-order valence-corrected chi connectivity index (χ1v) is 8.05. The van der Waals surface area contributed by atoms with Gasteiger partial charge in [-0.05, 0) is 22.8 Å². The first-order chi connectivity index (χ1) is 10.1. The van der Waals surface area contributed by atoms with Gasteiger partial charge in [0.05, 0.1) is 6.61 Å². The smallest absolute Gasteiger partial charge is 0.234 e.